The van der Waals surface area contributed by atoms with Gasteiger partial charge in [-0.05, 0) is 127 Å². The van der Waals surface area contributed by atoms with Crippen molar-refractivity contribution in [1.82, 2.24) is 0 Å². The summed E-state index contributed by atoms with van der Waals surface area (Å²) in [5.74, 6) is 3.43. The van der Waals surface area contributed by atoms with Crippen molar-refractivity contribution in [3.8, 4) is 0 Å². The van der Waals surface area contributed by atoms with E-state index in [-0.39, 0.29) is 11.5 Å². The molecule has 33 heavy (non-hydrogen) atoms. The van der Waals surface area contributed by atoms with Crippen LogP contribution >= 0.6 is 0 Å². The predicted octanol–water partition coefficient (Wildman–Crippen LogP) is 7.69. The summed E-state index contributed by atoms with van der Waals surface area (Å²) in [5.41, 5.74) is 3.08. The summed E-state index contributed by atoms with van der Waals surface area (Å²) in [5, 5.41) is 23.9. The molecule has 0 aromatic heterocycles. The summed E-state index contributed by atoms with van der Waals surface area (Å²) in [6.07, 6.45) is 14.1. The van der Waals surface area contributed by atoms with Gasteiger partial charge < -0.3 is 10.3 Å². The fourth-order valence-corrected chi connectivity index (χ4v) is 11.3. The smallest absolute Gasteiger partial charge is 0.0596 e. The lowest BCUT2D eigenvalue weighted by Gasteiger charge is -2.63. The Morgan fingerprint density at radius 2 is 1.52 bits per heavy atom. The highest BCUT2D eigenvalue weighted by atomic mass is 16.4. The van der Waals surface area contributed by atoms with E-state index in [1.54, 1.807) is 0 Å². The van der Waals surface area contributed by atoms with Gasteiger partial charge in [-0.2, -0.15) is 0 Å². The number of aliphatic hydroxyl groups excluding tert-OH is 1. The van der Waals surface area contributed by atoms with Gasteiger partial charge in [0.15, 0.2) is 0 Å². The minimum Gasteiger partial charge on any atom is -0.411 e. The zero-order valence-electron chi connectivity index (χ0n) is 22.6. The van der Waals surface area contributed by atoms with Crippen LogP contribution in [0.25, 0.3) is 0 Å². The van der Waals surface area contributed by atoms with Crippen LogP contribution in [0.5, 0.6) is 0 Å². The molecule has 188 valence electrons. The van der Waals surface area contributed by atoms with E-state index >= 15 is 0 Å². The molecular formula is C30H51NO2. The number of nitrogens with zero attached hydrogens (tertiary/aromatic N) is 1. The van der Waals surface area contributed by atoms with Crippen LogP contribution in [0.4, 0.5) is 0 Å². The minimum atomic E-state index is -0.110. The van der Waals surface area contributed by atoms with Gasteiger partial charge in [-0.3, -0.25) is 0 Å². The van der Waals surface area contributed by atoms with Gasteiger partial charge in [0.05, 0.1) is 11.8 Å². The third-order valence-corrected chi connectivity index (χ3v) is 13.5. The molecule has 5 saturated carbocycles. The molecule has 0 amide bonds. The summed E-state index contributed by atoms with van der Waals surface area (Å²) in [6.45, 7) is 16.9. The van der Waals surface area contributed by atoms with Gasteiger partial charge in [-0.1, -0.05) is 53.6 Å². The van der Waals surface area contributed by atoms with Crippen molar-refractivity contribution < 1.29 is 10.3 Å². The quantitative estimate of drug-likeness (QED) is 0.252. The van der Waals surface area contributed by atoms with Gasteiger partial charge in [-0.15, -0.1) is 0 Å². The Labute approximate surface area is 203 Å². The van der Waals surface area contributed by atoms with Crippen LogP contribution in [-0.4, -0.2) is 22.1 Å². The Morgan fingerprint density at radius 3 is 2.18 bits per heavy atom. The Bertz CT molecular complexity index is 818. The average Bonchev–Trinajstić information content (AvgIpc) is 3.34. The zero-order chi connectivity index (χ0) is 24.0. The molecule has 5 rings (SSSR count). The van der Waals surface area contributed by atoms with Crippen molar-refractivity contribution in [2.75, 3.05) is 0 Å². The maximum Gasteiger partial charge on any atom is 0.0596 e. The van der Waals surface area contributed by atoms with E-state index in [0.717, 1.165) is 42.7 Å². The van der Waals surface area contributed by atoms with Gasteiger partial charge in [0.25, 0.3) is 0 Å². The maximum absolute atomic E-state index is 10.9. The van der Waals surface area contributed by atoms with Crippen molar-refractivity contribution in [3.63, 3.8) is 0 Å². The Hall–Kier alpha value is -0.570. The van der Waals surface area contributed by atoms with E-state index in [2.05, 4.69) is 53.6 Å². The number of rotatable bonds is 5. The Morgan fingerprint density at radius 1 is 0.848 bits per heavy atom. The van der Waals surface area contributed by atoms with Crippen molar-refractivity contribution in [2.24, 2.45) is 61.8 Å². The second-order valence-electron chi connectivity index (χ2n) is 14.8. The average molecular weight is 458 g/mol. The molecule has 0 aromatic rings. The van der Waals surface area contributed by atoms with E-state index < -0.39 is 0 Å². The number of oxime groups is 1. The second kappa shape index (κ2) is 7.47. The Balaban J connectivity index is 1.38. The van der Waals surface area contributed by atoms with Crippen LogP contribution in [0, 0.1) is 56.7 Å². The molecule has 2 spiro atoms. The molecule has 9 atom stereocenters. The lowest BCUT2D eigenvalue weighted by Crippen LogP contribution is -2.57. The number of aliphatic hydroxyl groups is 1. The van der Waals surface area contributed by atoms with Crippen molar-refractivity contribution >= 4 is 5.71 Å². The molecule has 0 bridgehead atoms. The topological polar surface area (TPSA) is 52.8 Å². The van der Waals surface area contributed by atoms with Crippen LogP contribution in [0.2, 0.25) is 0 Å². The van der Waals surface area contributed by atoms with Crippen molar-refractivity contribution in [2.45, 2.75) is 125 Å². The first-order valence-electron chi connectivity index (χ1n) is 14.3. The largest absolute Gasteiger partial charge is 0.411 e. The lowest BCUT2D eigenvalue weighted by atomic mass is 9.41. The molecule has 9 unspecified atom stereocenters. The molecular weight excluding hydrogens is 406 g/mol. The molecule has 0 aromatic carbocycles. The SMILES string of the molecule is CC(C)C(CCC(C)C1CCC2(C)C3CCC4C(C)(C)C(O)CCC45CC35CCC12C)=NO. The maximum atomic E-state index is 10.9. The monoisotopic (exact) mass is 457 g/mol. The summed E-state index contributed by atoms with van der Waals surface area (Å²) in [6, 6.07) is 0. The second-order valence-corrected chi connectivity index (χ2v) is 14.8. The first-order valence-corrected chi connectivity index (χ1v) is 14.3. The fourth-order valence-electron chi connectivity index (χ4n) is 11.3. The summed E-state index contributed by atoms with van der Waals surface area (Å²) in [7, 11) is 0. The molecule has 5 aliphatic rings. The first-order chi connectivity index (χ1) is 15.4. The minimum absolute atomic E-state index is 0.0868. The van der Waals surface area contributed by atoms with Crippen LogP contribution < -0.4 is 0 Å². The van der Waals surface area contributed by atoms with Gasteiger partial charge >= 0.3 is 0 Å². The zero-order valence-corrected chi connectivity index (χ0v) is 22.6. The van der Waals surface area contributed by atoms with Crippen LogP contribution in [0.1, 0.15) is 119 Å². The van der Waals surface area contributed by atoms with Crippen LogP contribution in [0.15, 0.2) is 5.16 Å². The molecule has 3 nitrogen and oxygen atoms in total. The highest BCUT2D eigenvalue weighted by molar-refractivity contribution is 5.85. The van der Waals surface area contributed by atoms with E-state index in [4.69, 9.17) is 0 Å². The molecule has 3 heteroatoms. The molecule has 0 saturated heterocycles. The van der Waals surface area contributed by atoms with E-state index in [0.29, 0.717) is 33.5 Å². The Kier molecular flexibility index (Phi) is 5.46. The molecule has 0 aliphatic heterocycles. The highest BCUT2D eigenvalue weighted by Gasteiger charge is 2.82. The van der Waals surface area contributed by atoms with Crippen molar-refractivity contribution in [3.05, 3.63) is 0 Å². The van der Waals surface area contributed by atoms with Crippen molar-refractivity contribution in [1.29, 1.82) is 0 Å². The normalized spacial score (nSPS) is 51.4. The summed E-state index contributed by atoms with van der Waals surface area (Å²) < 4.78 is 0. The van der Waals surface area contributed by atoms with E-state index in [1.807, 2.05) is 0 Å². The molecule has 0 radical (unpaired) electrons. The lowest BCUT2D eigenvalue weighted by molar-refractivity contribution is -0.161. The third-order valence-electron chi connectivity index (χ3n) is 13.5. The predicted molar refractivity (Wildman–Crippen MR) is 135 cm³/mol. The number of fused-ring (bicyclic) bond motifs is 2. The molecule has 5 fully saturated rings. The van der Waals surface area contributed by atoms with Gasteiger partial charge in [0.1, 0.15) is 0 Å². The fraction of sp³-hybridized carbons (Fsp3) is 0.967. The van der Waals surface area contributed by atoms with Gasteiger partial charge in [0, 0.05) is 0 Å². The van der Waals surface area contributed by atoms with Crippen LogP contribution in [-0.2, 0) is 0 Å². The molecule has 0 heterocycles. The number of hydrogen-bond acceptors (Lipinski definition) is 3. The van der Waals surface area contributed by atoms with Gasteiger partial charge in [0.2, 0.25) is 0 Å². The first kappa shape index (κ1) is 24.1. The van der Waals surface area contributed by atoms with Gasteiger partial charge in [-0.25, -0.2) is 0 Å². The third kappa shape index (κ3) is 2.93. The van der Waals surface area contributed by atoms with Crippen LogP contribution in [0.3, 0.4) is 0 Å². The van der Waals surface area contributed by atoms with E-state index in [9.17, 15) is 10.3 Å². The summed E-state index contributed by atoms with van der Waals surface area (Å²) >= 11 is 0. The standard InChI is InChI=1S/C30H51NO2/c1-19(2)22(31-33)9-8-20(3)21-12-14-28(7)24-11-10-23-26(4,5)25(32)13-15-29(23)18-30(24,29)17-16-27(21,28)6/h19-21,23-25,32-33H,8-18H2,1-7H3. The summed E-state index contributed by atoms with van der Waals surface area (Å²) in [4.78, 5) is 0. The molecule has 5 aliphatic carbocycles. The highest BCUT2D eigenvalue weighted by Crippen LogP contribution is 2.89. The number of hydrogen-bond donors (Lipinski definition) is 2. The van der Waals surface area contributed by atoms with E-state index in [1.165, 1.54) is 51.4 Å². The molecule has 2 N–H and O–H groups in total.